The number of piperidine rings is 1. The highest BCUT2D eigenvalue weighted by Gasteiger charge is 2.28. The first kappa shape index (κ1) is 17.0. The highest BCUT2D eigenvalue weighted by Crippen LogP contribution is 2.24. The number of rotatable bonds is 4. The number of nitrogens with zero attached hydrogens (tertiary/aromatic N) is 3. The molecule has 1 saturated heterocycles. The lowest BCUT2D eigenvalue weighted by Gasteiger charge is -2.30. The molecule has 1 heterocycles. The van der Waals surface area contributed by atoms with Crippen molar-refractivity contribution >= 4 is 15.7 Å². The van der Waals surface area contributed by atoms with E-state index in [1.54, 1.807) is 24.3 Å². The van der Waals surface area contributed by atoms with Gasteiger partial charge in [0, 0.05) is 25.0 Å². The summed E-state index contributed by atoms with van der Waals surface area (Å²) in [6.07, 6.45) is 3.23. The number of nitriles is 2. The van der Waals surface area contributed by atoms with Crippen LogP contribution in [0.2, 0.25) is 0 Å². The smallest absolute Gasteiger partial charge is 0.243 e. The fourth-order valence-corrected chi connectivity index (χ4v) is 4.08. The summed E-state index contributed by atoms with van der Waals surface area (Å²) in [5, 5.41) is 20.1. The molecule has 0 radical (unpaired) electrons. The molecular formula is C16H18N4O2S. The molecule has 1 aliphatic heterocycles. The molecule has 0 unspecified atom stereocenters. The normalized spacial score (nSPS) is 18.5. The van der Waals surface area contributed by atoms with Crippen molar-refractivity contribution in [2.24, 2.45) is 5.92 Å². The summed E-state index contributed by atoms with van der Waals surface area (Å²) in [6.45, 7) is 3.17. The van der Waals surface area contributed by atoms with E-state index in [1.807, 2.05) is 0 Å². The summed E-state index contributed by atoms with van der Waals surface area (Å²) in [5.41, 5.74) is 0.558. The zero-order valence-electron chi connectivity index (χ0n) is 12.9. The van der Waals surface area contributed by atoms with Crippen LogP contribution in [0.25, 0.3) is 0 Å². The van der Waals surface area contributed by atoms with E-state index in [9.17, 15) is 8.42 Å². The van der Waals surface area contributed by atoms with Crippen molar-refractivity contribution in [2.45, 2.75) is 24.7 Å². The third kappa shape index (κ3) is 4.10. The highest BCUT2D eigenvalue weighted by molar-refractivity contribution is 7.89. The van der Waals surface area contributed by atoms with Crippen LogP contribution < -0.4 is 5.32 Å². The highest BCUT2D eigenvalue weighted by atomic mass is 32.2. The molecule has 23 heavy (non-hydrogen) atoms. The third-order valence-electron chi connectivity index (χ3n) is 3.74. The summed E-state index contributed by atoms with van der Waals surface area (Å²) in [5.74, 6) is 0.375. The van der Waals surface area contributed by atoms with Gasteiger partial charge in [0.2, 0.25) is 10.0 Å². The number of benzene rings is 1. The van der Waals surface area contributed by atoms with Crippen molar-refractivity contribution in [3.63, 3.8) is 0 Å². The van der Waals surface area contributed by atoms with E-state index in [0.717, 1.165) is 12.8 Å². The molecule has 120 valence electrons. The van der Waals surface area contributed by atoms with Gasteiger partial charge in [-0.2, -0.15) is 14.8 Å². The van der Waals surface area contributed by atoms with Gasteiger partial charge in [0.15, 0.2) is 0 Å². The molecule has 0 spiro atoms. The second-order valence-electron chi connectivity index (χ2n) is 5.56. The number of sulfonamides is 1. The first-order chi connectivity index (χ1) is 11.0. The van der Waals surface area contributed by atoms with Crippen LogP contribution in [0.15, 0.2) is 40.9 Å². The van der Waals surface area contributed by atoms with Gasteiger partial charge in [-0.25, -0.2) is 8.42 Å². The second kappa shape index (κ2) is 7.28. The Bertz CT molecular complexity index is 754. The van der Waals surface area contributed by atoms with Crippen molar-refractivity contribution in [1.29, 1.82) is 10.5 Å². The van der Waals surface area contributed by atoms with Gasteiger partial charge in [0.05, 0.1) is 4.90 Å². The lowest BCUT2D eigenvalue weighted by atomic mass is 10.0. The maximum Gasteiger partial charge on any atom is 0.243 e. The molecule has 0 bridgehead atoms. The van der Waals surface area contributed by atoms with Crippen LogP contribution in [0.1, 0.15) is 19.8 Å². The van der Waals surface area contributed by atoms with Gasteiger partial charge in [-0.05, 0) is 43.0 Å². The standard InChI is InChI=1S/C16H18N4O2S/c1-13-3-2-8-20(12-13)23(21,22)16-6-4-15(5-7-16)19-11-14(9-17)10-18/h4-7,11,13,19H,2-3,8,12H2,1H3/t13-/m1/s1. The Morgan fingerprint density at radius 1 is 1.30 bits per heavy atom. The predicted molar refractivity (Wildman–Crippen MR) is 86.5 cm³/mol. The van der Waals surface area contributed by atoms with Gasteiger partial charge in [0.1, 0.15) is 17.7 Å². The molecule has 1 aliphatic rings. The van der Waals surface area contributed by atoms with E-state index in [0.29, 0.717) is 24.7 Å². The Kier molecular flexibility index (Phi) is 5.38. The zero-order valence-corrected chi connectivity index (χ0v) is 13.7. The number of allylic oxidation sites excluding steroid dienone is 1. The molecular weight excluding hydrogens is 312 g/mol. The first-order valence-corrected chi connectivity index (χ1v) is 8.78. The molecule has 0 aliphatic carbocycles. The average molecular weight is 330 g/mol. The Hall–Kier alpha value is -2.35. The quantitative estimate of drug-likeness (QED) is 0.855. The first-order valence-electron chi connectivity index (χ1n) is 7.34. The predicted octanol–water partition coefficient (Wildman–Crippen LogP) is 2.45. The van der Waals surface area contributed by atoms with Crippen LogP contribution in [-0.4, -0.2) is 25.8 Å². The van der Waals surface area contributed by atoms with E-state index in [2.05, 4.69) is 12.2 Å². The van der Waals surface area contributed by atoms with Crippen LogP contribution in [0, 0.1) is 28.6 Å². The molecule has 1 aromatic rings. The Labute approximate surface area is 136 Å². The van der Waals surface area contributed by atoms with E-state index in [-0.39, 0.29) is 10.5 Å². The molecule has 0 amide bonds. The number of anilines is 1. The summed E-state index contributed by atoms with van der Waals surface area (Å²) in [7, 11) is -3.47. The van der Waals surface area contributed by atoms with Gasteiger partial charge in [-0.1, -0.05) is 6.92 Å². The largest absolute Gasteiger partial charge is 0.360 e. The fraction of sp³-hybridized carbons (Fsp3) is 0.375. The molecule has 1 atom stereocenters. The molecule has 2 rings (SSSR count). The molecule has 1 fully saturated rings. The van der Waals surface area contributed by atoms with Crippen LogP contribution >= 0.6 is 0 Å². The Morgan fingerprint density at radius 2 is 1.96 bits per heavy atom. The van der Waals surface area contributed by atoms with E-state index < -0.39 is 10.0 Å². The van der Waals surface area contributed by atoms with Crippen molar-refractivity contribution in [3.8, 4) is 12.1 Å². The average Bonchev–Trinajstić information content (AvgIpc) is 2.56. The van der Waals surface area contributed by atoms with Crippen molar-refractivity contribution in [2.75, 3.05) is 18.4 Å². The maximum atomic E-state index is 12.6. The second-order valence-corrected chi connectivity index (χ2v) is 7.50. The summed E-state index contributed by atoms with van der Waals surface area (Å²) < 4.78 is 26.8. The number of hydrogen-bond acceptors (Lipinski definition) is 5. The van der Waals surface area contributed by atoms with Gasteiger partial charge >= 0.3 is 0 Å². The number of nitrogens with one attached hydrogen (secondary N) is 1. The minimum atomic E-state index is -3.47. The molecule has 1 N–H and O–H groups in total. The molecule has 1 aromatic carbocycles. The van der Waals surface area contributed by atoms with Crippen LogP contribution in [0.5, 0.6) is 0 Å². The van der Waals surface area contributed by atoms with Crippen LogP contribution in [0.4, 0.5) is 5.69 Å². The van der Waals surface area contributed by atoms with Crippen molar-refractivity contribution in [1.82, 2.24) is 4.31 Å². The van der Waals surface area contributed by atoms with Crippen LogP contribution in [0.3, 0.4) is 0 Å². The minimum Gasteiger partial charge on any atom is -0.360 e. The SMILES string of the molecule is C[C@@H]1CCCN(S(=O)(=O)c2ccc(NC=C(C#N)C#N)cc2)C1. The monoisotopic (exact) mass is 330 g/mol. The lowest BCUT2D eigenvalue weighted by Crippen LogP contribution is -2.39. The number of hydrogen-bond donors (Lipinski definition) is 1. The van der Waals surface area contributed by atoms with Gasteiger partial charge in [0.25, 0.3) is 0 Å². The molecule has 7 heteroatoms. The van der Waals surface area contributed by atoms with Gasteiger partial charge < -0.3 is 5.32 Å². The van der Waals surface area contributed by atoms with Crippen LogP contribution in [-0.2, 0) is 10.0 Å². The van der Waals surface area contributed by atoms with E-state index in [4.69, 9.17) is 10.5 Å². The summed E-state index contributed by atoms with van der Waals surface area (Å²) in [6, 6.07) is 9.77. The Morgan fingerprint density at radius 3 is 2.52 bits per heavy atom. The third-order valence-corrected chi connectivity index (χ3v) is 5.62. The van der Waals surface area contributed by atoms with E-state index >= 15 is 0 Å². The van der Waals surface area contributed by atoms with Crippen molar-refractivity contribution in [3.05, 3.63) is 36.0 Å². The van der Waals surface area contributed by atoms with E-state index in [1.165, 1.54) is 22.6 Å². The minimum absolute atomic E-state index is 0.0518. The van der Waals surface area contributed by atoms with Gasteiger partial charge in [-0.3, -0.25) is 0 Å². The summed E-state index contributed by atoms with van der Waals surface area (Å²) in [4.78, 5) is 0.252. The molecule has 6 nitrogen and oxygen atoms in total. The zero-order chi connectivity index (χ0) is 16.9. The maximum absolute atomic E-state index is 12.6. The fourth-order valence-electron chi connectivity index (χ4n) is 2.48. The topological polar surface area (TPSA) is 97.0 Å². The summed E-state index contributed by atoms with van der Waals surface area (Å²) >= 11 is 0. The molecule has 0 saturated carbocycles. The lowest BCUT2D eigenvalue weighted by molar-refractivity contribution is 0.281. The van der Waals surface area contributed by atoms with Gasteiger partial charge in [-0.15, -0.1) is 0 Å². The molecule has 0 aromatic heterocycles. The van der Waals surface area contributed by atoms with Crippen molar-refractivity contribution < 1.29 is 8.42 Å². The Balaban J connectivity index is 2.14.